The van der Waals surface area contributed by atoms with Crippen LogP contribution in [0.1, 0.15) is 16.9 Å². The Bertz CT molecular complexity index is 362. The highest BCUT2D eigenvalue weighted by molar-refractivity contribution is 5.87. The van der Waals surface area contributed by atoms with E-state index in [1.807, 2.05) is 0 Å². The quantitative estimate of drug-likeness (QED) is 0.809. The van der Waals surface area contributed by atoms with Crippen molar-refractivity contribution < 1.29 is 22.7 Å². The van der Waals surface area contributed by atoms with Crippen molar-refractivity contribution >= 4 is 11.7 Å². The Hall–Kier alpha value is -1.79. The topological polar surface area (TPSA) is 65.2 Å². The molecule has 0 aromatic carbocycles. The van der Waals surface area contributed by atoms with Crippen molar-refractivity contribution in [2.75, 3.05) is 12.3 Å². The van der Waals surface area contributed by atoms with Gasteiger partial charge in [-0.3, -0.25) is 0 Å². The highest BCUT2D eigenvalue weighted by atomic mass is 19.4. The number of ether oxygens (including phenoxy) is 1. The van der Waals surface area contributed by atoms with Gasteiger partial charge in [0.25, 0.3) is 0 Å². The maximum atomic E-state index is 11.7. The molecule has 0 bridgehead atoms. The standard InChI is InChI=1S/C9H9F3N2O2/c10-9(11,12)3-4-16-8(15)7-2-1-6(13)5-14-7/h1-2,5H,3-4,13H2. The van der Waals surface area contributed by atoms with E-state index >= 15 is 0 Å². The van der Waals surface area contributed by atoms with Gasteiger partial charge in [0.05, 0.1) is 18.3 Å². The molecule has 1 heterocycles. The molecule has 0 saturated carbocycles. The predicted octanol–water partition coefficient (Wildman–Crippen LogP) is 1.77. The maximum Gasteiger partial charge on any atom is 0.392 e. The fraction of sp³-hybridized carbons (Fsp3) is 0.333. The van der Waals surface area contributed by atoms with Gasteiger partial charge in [-0.15, -0.1) is 0 Å². The molecule has 0 radical (unpaired) electrons. The number of rotatable bonds is 3. The lowest BCUT2D eigenvalue weighted by Crippen LogP contribution is -2.15. The van der Waals surface area contributed by atoms with Crippen LogP contribution < -0.4 is 5.73 Å². The summed E-state index contributed by atoms with van der Waals surface area (Å²) in [6.45, 7) is -0.714. The van der Waals surface area contributed by atoms with E-state index in [1.165, 1.54) is 18.3 Å². The molecule has 1 rings (SSSR count). The summed E-state index contributed by atoms with van der Waals surface area (Å²) in [6.07, 6.45) is -4.29. The Morgan fingerprint density at radius 2 is 2.12 bits per heavy atom. The van der Waals surface area contributed by atoms with Crippen LogP contribution >= 0.6 is 0 Å². The van der Waals surface area contributed by atoms with Gasteiger partial charge in [0.1, 0.15) is 12.3 Å². The van der Waals surface area contributed by atoms with Crippen molar-refractivity contribution in [2.24, 2.45) is 0 Å². The van der Waals surface area contributed by atoms with Crippen LogP contribution in [-0.4, -0.2) is 23.7 Å². The maximum absolute atomic E-state index is 11.7. The number of nitrogens with two attached hydrogens (primary N) is 1. The smallest absolute Gasteiger partial charge is 0.392 e. The molecule has 0 aliphatic rings. The third-order valence-corrected chi connectivity index (χ3v) is 1.61. The molecule has 4 nitrogen and oxygen atoms in total. The number of hydrogen-bond donors (Lipinski definition) is 1. The van der Waals surface area contributed by atoms with E-state index in [1.54, 1.807) is 0 Å². The molecule has 7 heteroatoms. The summed E-state index contributed by atoms with van der Waals surface area (Å²) in [5, 5.41) is 0. The van der Waals surface area contributed by atoms with Crippen LogP contribution in [0.4, 0.5) is 18.9 Å². The second kappa shape index (κ2) is 4.82. The van der Waals surface area contributed by atoms with Gasteiger partial charge >= 0.3 is 12.1 Å². The molecule has 0 unspecified atom stereocenters. The summed E-state index contributed by atoms with van der Waals surface area (Å²) < 4.78 is 39.6. The van der Waals surface area contributed by atoms with Gasteiger partial charge in [-0.1, -0.05) is 0 Å². The number of carbonyl (C=O) groups is 1. The van der Waals surface area contributed by atoms with Crippen LogP contribution in [0.5, 0.6) is 0 Å². The molecule has 0 atom stereocenters. The first kappa shape index (κ1) is 12.3. The number of halogens is 3. The highest BCUT2D eigenvalue weighted by Gasteiger charge is 2.27. The Balaban J connectivity index is 2.44. The van der Waals surface area contributed by atoms with E-state index in [2.05, 4.69) is 9.72 Å². The van der Waals surface area contributed by atoms with E-state index in [-0.39, 0.29) is 5.69 Å². The van der Waals surface area contributed by atoms with Crippen molar-refractivity contribution in [3.05, 3.63) is 24.0 Å². The number of alkyl halides is 3. The highest BCUT2D eigenvalue weighted by Crippen LogP contribution is 2.19. The van der Waals surface area contributed by atoms with Crippen LogP contribution in [-0.2, 0) is 4.74 Å². The largest absolute Gasteiger partial charge is 0.461 e. The minimum Gasteiger partial charge on any atom is -0.461 e. The Kier molecular flexibility index (Phi) is 3.70. The Morgan fingerprint density at radius 1 is 1.44 bits per heavy atom. The first-order chi connectivity index (χ1) is 7.38. The van der Waals surface area contributed by atoms with Gasteiger partial charge in [-0.25, -0.2) is 9.78 Å². The number of carbonyl (C=O) groups excluding carboxylic acids is 1. The first-order valence-electron chi connectivity index (χ1n) is 4.34. The third-order valence-electron chi connectivity index (χ3n) is 1.61. The molecule has 1 aromatic heterocycles. The number of pyridine rings is 1. The van der Waals surface area contributed by atoms with Gasteiger partial charge in [-0.05, 0) is 12.1 Å². The summed E-state index contributed by atoms with van der Waals surface area (Å²) in [5.41, 5.74) is 5.60. The Morgan fingerprint density at radius 3 is 2.62 bits per heavy atom. The van der Waals surface area contributed by atoms with Gasteiger partial charge < -0.3 is 10.5 Å². The molecule has 0 aliphatic heterocycles. The lowest BCUT2D eigenvalue weighted by atomic mass is 10.3. The number of aromatic nitrogens is 1. The van der Waals surface area contributed by atoms with E-state index in [0.717, 1.165) is 0 Å². The lowest BCUT2D eigenvalue weighted by Gasteiger charge is -2.06. The monoisotopic (exact) mass is 234 g/mol. The minimum atomic E-state index is -4.34. The molecule has 1 aromatic rings. The van der Waals surface area contributed by atoms with Crippen molar-refractivity contribution in [2.45, 2.75) is 12.6 Å². The fourth-order valence-electron chi connectivity index (χ4n) is 0.859. The molecule has 0 spiro atoms. The number of nitrogens with zero attached hydrogens (tertiary/aromatic N) is 1. The van der Waals surface area contributed by atoms with Gasteiger partial charge in [-0.2, -0.15) is 13.2 Å². The van der Waals surface area contributed by atoms with Crippen molar-refractivity contribution in [3.8, 4) is 0 Å². The zero-order chi connectivity index (χ0) is 12.2. The van der Waals surface area contributed by atoms with E-state index in [0.29, 0.717) is 5.69 Å². The zero-order valence-corrected chi connectivity index (χ0v) is 8.12. The average molecular weight is 234 g/mol. The summed E-state index contributed by atoms with van der Waals surface area (Å²) in [7, 11) is 0. The molecule has 0 aliphatic carbocycles. The molecule has 0 fully saturated rings. The summed E-state index contributed by atoms with van der Waals surface area (Å²) in [6, 6.07) is 2.69. The summed E-state index contributed by atoms with van der Waals surface area (Å²) in [5.74, 6) is -0.899. The van der Waals surface area contributed by atoms with Crippen LogP contribution in [0.3, 0.4) is 0 Å². The van der Waals surface area contributed by atoms with E-state index in [4.69, 9.17) is 5.73 Å². The molecule has 16 heavy (non-hydrogen) atoms. The van der Waals surface area contributed by atoms with Crippen LogP contribution in [0.2, 0.25) is 0 Å². The summed E-state index contributed by atoms with van der Waals surface area (Å²) >= 11 is 0. The van der Waals surface area contributed by atoms with Crippen molar-refractivity contribution in [1.82, 2.24) is 4.98 Å². The molecule has 0 saturated heterocycles. The molecule has 0 amide bonds. The lowest BCUT2D eigenvalue weighted by molar-refractivity contribution is -0.141. The second-order valence-electron chi connectivity index (χ2n) is 2.98. The zero-order valence-electron chi connectivity index (χ0n) is 8.12. The molecular formula is C9H9F3N2O2. The number of nitrogen functional groups attached to an aromatic ring is 1. The molecule has 2 N–H and O–H groups in total. The molecular weight excluding hydrogens is 225 g/mol. The SMILES string of the molecule is Nc1ccc(C(=O)OCCC(F)(F)F)nc1. The number of anilines is 1. The minimum absolute atomic E-state index is 0.0728. The van der Waals surface area contributed by atoms with Gasteiger partial charge in [0.15, 0.2) is 0 Å². The van der Waals surface area contributed by atoms with E-state index in [9.17, 15) is 18.0 Å². The van der Waals surface area contributed by atoms with E-state index < -0.39 is 25.2 Å². The van der Waals surface area contributed by atoms with Gasteiger partial charge in [0.2, 0.25) is 0 Å². The fourth-order valence-corrected chi connectivity index (χ4v) is 0.859. The van der Waals surface area contributed by atoms with Crippen molar-refractivity contribution in [3.63, 3.8) is 0 Å². The predicted molar refractivity (Wildman–Crippen MR) is 49.6 cm³/mol. The van der Waals surface area contributed by atoms with Gasteiger partial charge in [0, 0.05) is 0 Å². The van der Waals surface area contributed by atoms with Crippen LogP contribution in [0, 0.1) is 0 Å². The third kappa shape index (κ3) is 4.16. The summed E-state index contributed by atoms with van der Waals surface area (Å²) in [4.78, 5) is 14.8. The normalized spacial score (nSPS) is 11.2. The molecule has 88 valence electrons. The Labute approximate surface area is 89.2 Å². The van der Waals surface area contributed by atoms with Crippen LogP contribution in [0.25, 0.3) is 0 Å². The van der Waals surface area contributed by atoms with Crippen LogP contribution in [0.15, 0.2) is 18.3 Å². The second-order valence-corrected chi connectivity index (χ2v) is 2.98. The van der Waals surface area contributed by atoms with Crippen molar-refractivity contribution in [1.29, 1.82) is 0 Å². The number of esters is 1. The average Bonchev–Trinajstić information content (AvgIpc) is 2.16. The number of hydrogen-bond acceptors (Lipinski definition) is 4. The first-order valence-corrected chi connectivity index (χ1v) is 4.34.